The monoisotopic (exact) mass is 416 g/mol. The normalized spacial score (nSPS) is 15.2. The largest absolute Gasteiger partial charge is 0.493 e. The Hall–Kier alpha value is -2.87. The highest BCUT2D eigenvalue weighted by Gasteiger charge is 2.29. The molecule has 0 aliphatic heterocycles. The smallest absolute Gasteiger partial charge is 0.413 e. The highest BCUT2D eigenvalue weighted by atomic mass is 32.1. The van der Waals surface area contributed by atoms with Crippen LogP contribution >= 0.6 is 11.3 Å². The van der Waals surface area contributed by atoms with Gasteiger partial charge < -0.3 is 14.8 Å². The lowest BCUT2D eigenvalue weighted by Crippen LogP contribution is -2.31. The number of benzene rings is 1. The molecule has 0 spiro atoms. The van der Waals surface area contributed by atoms with E-state index >= 15 is 0 Å². The van der Waals surface area contributed by atoms with Gasteiger partial charge in [0.25, 0.3) is 5.91 Å². The molecule has 2 N–H and O–H groups in total. The van der Waals surface area contributed by atoms with Gasteiger partial charge in [-0.1, -0.05) is 25.1 Å². The molecule has 3 amide bonds. The number of hydrogen-bond donors (Lipinski definition) is 2. The average Bonchev–Trinajstić information content (AvgIpc) is 3.05. The molecule has 7 nitrogen and oxygen atoms in total. The van der Waals surface area contributed by atoms with Crippen molar-refractivity contribution in [1.82, 2.24) is 5.32 Å². The van der Waals surface area contributed by atoms with Gasteiger partial charge in [-0.05, 0) is 42.9 Å². The molecule has 0 bridgehead atoms. The van der Waals surface area contributed by atoms with E-state index in [4.69, 9.17) is 4.74 Å². The van der Waals surface area contributed by atoms with Crippen molar-refractivity contribution >= 4 is 34.2 Å². The summed E-state index contributed by atoms with van der Waals surface area (Å²) in [4.78, 5) is 37.6. The summed E-state index contributed by atoms with van der Waals surface area (Å²) in [5, 5.41) is 5.50. The summed E-state index contributed by atoms with van der Waals surface area (Å²) in [6.45, 7) is 2.39. The number of alkyl carbamates (subject to hydrolysis) is 1. The fourth-order valence-electron chi connectivity index (χ4n) is 3.25. The van der Waals surface area contributed by atoms with Crippen molar-refractivity contribution in [2.75, 3.05) is 19.0 Å². The molecule has 1 atom stereocenters. The molecule has 0 radical (unpaired) electrons. The lowest BCUT2D eigenvalue weighted by Gasteiger charge is -2.18. The summed E-state index contributed by atoms with van der Waals surface area (Å²) in [7, 11) is 1.20. The minimum Gasteiger partial charge on any atom is -0.493 e. The van der Waals surface area contributed by atoms with Gasteiger partial charge in [0.2, 0.25) is 5.91 Å². The Morgan fingerprint density at radius 3 is 2.69 bits per heavy atom. The Labute approximate surface area is 173 Å². The number of carbonyl (C=O) groups is 3. The fraction of sp³-hybridized carbons (Fsp3) is 0.381. The first kappa shape index (κ1) is 20.9. The molecule has 1 aliphatic rings. The SMILES string of the molecule is COC(=O)NC(=O)c1c(NC(=O)CCOc2ccccc2)sc2c1CC[C@@H](C)C2. The van der Waals surface area contributed by atoms with Crippen LogP contribution in [0.2, 0.25) is 0 Å². The number of amides is 3. The number of nitrogens with one attached hydrogen (secondary N) is 2. The second-order valence-corrected chi connectivity index (χ2v) is 8.07. The van der Waals surface area contributed by atoms with Crippen molar-refractivity contribution in [2.45, 2.75) is 32.6 Å². The molecular formula is C21H24N2O5S. The average molecular weight is 416 g/mol. The van der Waals surface area contributed by atoms with E-state index in [1.807, 2.05) is 30.3 Å². The number of fused-ring (bicyclic) bond motifs is 1. The van der Waals surface area contributed by atoms with Crippen LogP contribution in [-0.4, -0.2) is 31.6 Å². The predicted molar refractivity (Wildman–Crippen MR) is 111 cm³/mol. The second-order valence-electron chi connectivity index (χ2n) is 6.96. The summed E-state index contributed by atoms with van der Waals surface area (Å²) in [6.07, 6.45) is 1.87. The van der Waals surface area contributed by atoms with E-state index in [1.54, 1.807) is 0 Å². The van der Waals surface area contributed by atoms with Crippen molar-refractivity contribution < 1.29 is 23.9 Å². The highest BCUT2D eigenvalue weighted by Crippen LogP contribution is 2.39. The number of rotatable bonds is 6. The highest BCUT2D eigenvalue weighted by molar-refractivity contribution is 7.17. The van der Waals surface area contributed by atoms with Crippen molar-refractivity contribution in [3.8, 4) is 5.75 Å². The summed E-state index contributed by atoms with van der Waals surface area (Å²) in [5.74, 6) is 0.402. The van der Waals surface area contributed by atoms with E-state index in [9.17, 15) is 14.4 Å². The number of hydrogen-bond acceptors (Lipinski definition) is 6. The van der Waals surface area contributed by atoms with Crippen LogP contribution in [0.3, 0.4) is 0 Å². The number of anilines is 1. The standard InChI is InChI=1S/C21H24N2O5S/c1-13-8-9-15-16(12-13)29-20(18(15)19(25)23-21(26)27-2)22-17(24)10-11-28-14-6-4-3-5-7-14/h3-7,13H,8-12H2,1-2H3,(H,22,24)(H,23,25,26)/t13-/m1/s1. The summed E-state index contributed by atoms with van der Waals surface area (Å²) in [5.41, 5.74) is 1.27. The van der Waals surface area contributed by atoms with Gasteiger partial charge in [0.1, 0.15) is 10.8 Å². The summed E-state index contributed by atoms with van der Waals surface area (Å²) < 4.78 is 10.1. The fourth-order valence-corrected chi connectivity index (χ4v) is 4.68. The first-order valence-electron chi connectivity index (χ1n) is 9.49. The number of thiophene rings is 1. The molecule has 154 valence electrons. The van der Waals surface area contributed by atoms with E-state index in [0.29, 0.717) is 22.2 Å². The van der Waals surface area contributed by atoms with Crippen molar-refractivity contribution in [3.05, 3.63) is 46.3 Å². The number of para-hydroxylation sites is 1. The minimum absolute atomic E-state index is 0.145. The van der Waals surface area contributed by atoms with Crippen molar-refractivity contribution in [3.63, 3.8) is 0 Å². The number of methoxy groups -OCH3 is 1. The maximum atomic E-state index is 12.6. The zero-order valence-electron chi connectivity index (χ0n) is 16.4. The molecule has 3 rings (SSSR count). The van der Waals surface area contributed by atoms with Gasteiger partial charge in [-0.3, -0.25) is 14.9 Å². The van der Waals surface area contributed by atoms with Crippen molar-refractivity contribution in [1.29, 1.82) is 0 Å². The van der Waals surface area contributed by atoms with Crippen LogP contribution in [0.1, 0.15) is 40.6 Å². The maximum absolute atomic E-state index is 12.6. The number of imide groups is 1. The van der Waals surface area contributed by atoms with Crippen LogP contribution in [0.5, 0.6) is 5.75 Å². The molecule has 8 heteroatoms. The Balaban J connectivity index is 1.70. The zero-order chi connectivity index (χ0) is 20.8. The van der Waals surface area contributed by atoms with Crippen LogP contribution in [-0.2, 0) is 22.4 Å². The van der Waals surface area contributed by atoms with Crippen LogP contribution in [0, 0.1) is 5.92 Å². The van der Waals surface area contributed by atoms with Crippen LogP contribution in [0.4, 0.5) is 9.80 Å². The van der Waals surface area contributed by atoms with Crippen LogP contribution in [0.15, 0.2) is 30.3 Å². The molecule has 1 aromatic heterocycles. The Morgan fingerprint density at radius 2 is 1.97 bits per heavy atom. The van der Waals surface area contributed by atoms with Gasteiger partial charge >= 0.3 is 6.09 Å². The molecule has 29 heavy (non-hydrogen) atoms. The van der Waals surface area contributed by atoms with E-state index < -0.39 is 12.0 Å². The molecule has 0 unspecified atom stereocenters. The molecule has 1 aromatic carbocycles. The molecule has 1 heterocycles. The first-order chi connectivity index (χ1) is 14.0. The Bertz CT molecular complexity index is 894. The van der Waals surface area contributed by atoms with Crippen LogP contribution < -0.4 is 15.4 Å². The lowest BCUT2D eigenvalue weighted by molar-refractivity contribution is -0.116. The molecule has 1 aliphatic carbocycles. The molecule has 0 fully saturated rings. The minimum atomic E-state index is -0.826. The van der Waals surface area contributed by atoms with Gasteiger partial charge in [0.15, 0.2) is 0 Å². The van der Waals surface area contributed by atoms with Crippen molar-refractivity contribution in [2.24, 2.45) is 5.92 Å². The molecule has 2 aromatic rings. The van der Waals surface area contributed by atoms with Gasteiger partial charge in [-0.25, -0.2) is 4.79 Å². The quantitative estimate of drug-likeness (QED) is 0.748. The van der Waals surface area contributed by atoms with Gasteiger partial charge in [0, 0.05) is 4.88 Å². The number of ether oxygens (including phenoxy) is 2. The number of carbonyl (C=O) groups excluding carboxylic acids is 3. The van der Waals surface area contributed by atoms with Crippen LogP contribution in [0.25, 0.3) is 0 Å². The molecular weight excluding hydrogens is 392 g/mol. The van der Waals surface area contributed by atoms with Gasteiger partial charge in [-0.15, -0.1) is 11.3 Å². The molecule has 0 saturated heterocycles. The maximum Gasteiger partial charge on any atom is 0.413 e. The first-order valence-corrected chi connectivity index (χ1v) is 10.3. The van der Waals surface area contributed by atoms with Gasteiger partial charge in [0.05, 0.1) is 25.7 Å². The topological polar surface area (TPSA) is 93.7 Å². The van der Waals surface area contributed by atoms with E-state index in [1.165, 1.54) is 18.4 Å². The molecule has 0 saturated carbocycles. The van der Waals surface area contributed by atoms with E-state index in [2.05, 4.69) is 22.3 Å². The zero-order valence-corrected chi connectivity index (χ0v) is 17.3. The summed E-state index contributed by atoms with van der Waals surface area (Å²) >= 11 is 1.40. The Morgan fingerprint density at radius 1 is 1.21 bits per heavy atom. The Kier molecular flexibility index (Phi) is 6.87. The van der Waals surface area contributed by atoms with Gasteiger partial charge in [-0.2, -0.15) is 0 Å². The predicted octanol–water partition coefficient (Wildman–Crippen LogP) is 3.78. The third kappa shape index (κ3) is 5.35. The third-order valence-electron chi connectivity index (χ3n) is 4.73. The van der Waals surface area contributed by atoms with E-state index in [-0.39, 0.29) is 18.9 Å². The van der Waals surface area contributed by atoms with E-state index in [0.717, 1.165) is 29.7 Å². The lowest BCUT2D eigenvalue weighted by atomic mass is 9.88. The second kappa shape index (κ2) is 9.56. The third-order valence-corrected chi connectivity index (χ3v) is 5.90. The summed E-state index contributed by atoms with van der Waals surface area (Å²) in [6, 6.07) is 9.25.